The molecule has 1 atom stereocenters. The zero-order valence-electron chi connectivity index (χ0n) is 7.49. The van der Waals surface area contributed by atoms with Crippen LogP contribution in [0, 0.1) is 18.3 Å². The van der Waals surface area contributed by atoms with Crippen molar-refractivity contribution in [2.75, 3.05) is 0 Å². The predicted octanol–water partition coefficient (Wildman–Crippen LogP) is 2.09. The van der Waals surface area contributed by atoms with Crippen LogP contribution in [0.1, 0.15) is 22.8 Å². The highest BCUT2D eigenvalue weighted by molar-refractivity contribution is 5.39. The summed E-state index contributed by atoms with van der Waals surface area (Å²) in [6.45, 7) is 5.37. The second kappa shape index (κ2) is 3.88. The molecule has 1 rings (SSSR count). The first kappa shape index (κ1) is 9.50. The van der Waals surface area contributed by atoms with E-state index in [1.54, 1.807) is 18.2 Å². The highest BCUT2D eigenvalue weighted by Gasteiger charge is 2.06. The second-order valence-electron chi connectivity index (χ2n) is 2.86. The Morgan fingerprint density at radius 3 is 2.77 bits per heavy atom. The SMILES string of the molecule is C=CC(O)c1ccc(C#N)cc1C. The van der Waals surface area contributed by atoms with E-state index in [0.29, 0.717) is 5.56 Å². The van der Waals surface area contributed by atoms with E-state index in [-0.39, 0.29) is 0 Å². The molecular weight excluding hydrogens is 162 g/mol. The monoisotopic (exact) mass is 173 g/mol. The molecule has 0 radical (unpaired) electrons. The molecule has 0 saturated carbocycles. The average Bonchev–Trinajstić information content (AvgIpc) is 2.16. The number of aliphatic hydroxyl groups excluding tert-OH is 1. The maximum atomic E-state index is 9.47. The molecular formula is C11H11NO. The van der Waals surface area contributed by atoms with Crippen LogP contribution in [-0.4, -0.2) is 5.11 Å². The van der Waals surface area contributed by atoms with Crippen molar-refractivity contribution in [2.45, 2.75) is 13.0 Å². The number of hydrogen-bond acceptors (Lipinski definition) is 2. The fraction of sp³-hybridized carbons (Fsp3) is 0.182. The van der Waals surface area contributed by atoms with Gasteiger partial charge < -0.3 is 5.11 Å². The molecule has 0 aliphatic carbocycles. The third kappa shape index (κ3) is 1.95. The van der Waals surface area contributed by atoms with Gasteiger partial charge in [0.15, 0.2) is 0 Å². The van der Waals surface area contributed by atoms with Gasteiger partial charge >= 0.3 is 0 Å². The zero-order chi connectivity index (χ0) is 9.84. The first-order chi connectivity index (χ1) is 6.19. The van der Waals surface area contributed by atoms with Crippen molar-refractivity contribution in [1.29, 1.82) is 5.26 Å². The van der Waals surface area contributed by atoms with Gasteiger partial charge in [-0.2, -0.15) is 5.26 Å². The fourth-order valence-electron chi connectivity index (χ4n) is 1.20. The summed E-state index contributed by atoms with van der Waals surface area (Å²) in [6, 6.07) is 7.24. The molecule has 13 heavy (non-hydrogen) atoms. The molecule has 0 spiro atoms. The Morgan fingerprint density at radius 2 is 2.31 bits per heavy atom. The van der Waals surface area contributed by atoms with Crippen LogP contribution in [0.25, 0.3) is 0 Å². The van der Waals surface area contributed by atoms with Crippen LogP contribution >= 0.6 is 0 Å². The lowest BCUT2D eigenvalue weighted by atomic mass is 10.0. The minimum absolute atomic E-state index is 0.609. The van der Waals surface area contributed by atoms with E-state index in [1.165, 1.54) is 6.08 Å². The van der Waals surface area contributed by atoms with Crippen LogP contribution in [0.5, 0.6) is 0 Å². The summed E-state index contributed by atoms with van der Waals surface area (Å²) >= 11 is 0. The van der Waals surface area contributed by atoms with Crippen molar-refractivity contribution in [3.63, 3.8) is 0 Å². The van der Waals surface area contributed by atoms with Gasteiger partial charge in [0, 0.05) is 0 Å². The molecule has 1 N–H and O–H groups in total. The summed E-state index contributed by atoms with van der Waals surface area (Å²) in [7, 11) is 0. The number of aliphatic hydroxyl groups is 1. The maximum absolute atomic E-state index is 9.47. The van der Waals surface area contributed by atoms with E-state index in [2.05, 4.69) is 6.58 Å². The molecule has 2 nitrogen and oxygen atoms in total. The molecule has 0 aromatic heterocycles. The predicted molar refractivity (Wildman–Crippen MR) is 51.1 cm³/mol. The first-order valence-corrected chi connectivity index (χ1v) is 4.00. The number of rotatable bonds is 2. The van der Waals surface area contributed by atoms with E-state index in [9.17, 15) is 5.11 Å². The van der Waals surface area contributed by atoms with Crippen molar-refractivity contribution >= 4 is 0 Å². The van der Waals surface area contributed by atoms with Crippen LogP contribution < -0.4 is 0 Å². The highest BCUT2D eigenvalue weighted by atomic mass is 16.3. The van der Waals surface area contributed by atoms with E-state index in [1.807, 2.05) is 13.0 Å². The lowest BCUT2D eigenvalue weighted by Gasteiger charge is -2.08. The third-order valence-electron chi connectivity index (χ3n) is 1.94. The molecule has 1 unspecified atom stereocenters. The number of nitrogens with zero attached hydrogens (tertiary/aromatic N) is 1. The van der Waals surface area contributed by atoms with Crippen LogP contribution in [0.3, 0.4) is 0 Å². The van der Waals surface area contributed by atoms with Crippen LogP contribution in [0.2, 0.25) is 0 Å². The van der Waals surface area contributed by atoms with Gasteiger partial charge in [-0.15, -0.1) is 6.58 Å². The van der Waals surface area contributed by atoms with Crippen molar-refractivity contribution in [1.82, 2.24) is 0 Å². The smallest absolute Gasteiger partial charge is 0.0991 e. The Morgan fingerprint density at radius 1 is 1.62 bits per heavy atom. The summed E-state index contributed by atoms with van der Waals surface area (Å²) in [6.07, 6.45) is 0.821. The van der Waals surface area contributed by atoms with Gasteiger partial charge in [-0.1, -0.05) is 12.1 Å². The number of hydrogen-bond donors (Lipinski definition) is 1. The van der Waals surface area contributed by atoms with Gasteiger partial charge in [0.25, 0.3) is 0 Å². The number of nitriles is 1. The minimum atomic E-state index is -0.646. The summed E-state index contributed by atoms with van der Waals surface area (Å²) in [4.78, 5) is 0. The molecule has 1 aromatic carbocycles. The van der Waals surface area contributed by atoms with Crippen LogP contribution in [-0.2, 0) is 0 Å². The molecule has 0 aliphatic heterocycles. The van der Waals surface area contributed by atoms with Crippen molar-refractivity contribution < 1.29 is 5.11 Å². The molecule has 1 aromatic rings. The van der Waals surface area contributed by atoms with Gasteiger partial charge in [-0.05, 0) is 30.2 Å². The Labute approximate surface area is 77.8 Å². The summed E-state index contributed by atoms with van der Waals surface area (Å²) < 4.78 is 0. The first-order valence-electron chi connectivity index (χ1n) is 4.00. The van der Waals surface area contributed by atoms with Gasteiger partial charge in [-0.25, -0.2) is 0 Å². The van der Waals surface area contributed by atoms with Gasteiger partial charge in [0.2, 0.25) is 0 Å². The number of benzene rings is 1. The van der Waals surface area contributed by atoms with E-state index >= 15 is 0 Å². The van der Waals surface area contributed by atoms with Crippen molar-refractivity contribution in [2.24, 2.45) is 0 Å². The van der Waals surface area contributed by atoms with Crippen molar-refractivity contribution in [3.8, 4) is 6.07 Å². The Hall–Kier alpha value is -1.59. The molecule has 2 heteroatoms. The molecule has 0 fully saturated rings. The molecule has 0 saturated heterocycles. The average molecular weight is 173 g/mol. The molecule has 0 amide bonds. The fourth-order valence-corrected chi connectivity index (χ4v) is 1.20. The van der Waals surface area contributed by atoms with E-state index in [4.69, 9.17) is 5.26 Å². The van der Waals surface area contributed by atoms with Gasteiger partial charge in [-0.3, -0.25) is 0 Å². The van der Waals surface area contributed by atoms with E-state index in [0.717, 1.165) is 11.1 Å². The minimum Gasteiger partial charge on any atom is -0.384 e. The molecule has 0 aliphatic rings. The lowest BCUT2D eigenvalue weighted by molar-refractivity contribution is 0.228. The lowest BCUT2D eigenvalue weighted by Crippen LogP contribution is -1.96. The Kier molecular flexibility index (Phi) is 2.84. The van der Waals surface area contributed by atoms with Gasteiger partial charge in [0.05, 0.1) is 17.7 Å². The van der Waals surface area contributed by atoms with E-state index < -0.39 is 6.10 Å². The highest BCUT2D eigenvalue weighted by Crippen LogP contribution is 2.19. The third-order valence-corrected chi connectivity index (χ3v) is 1.94. The second-order valence-corrected chi connectivity index (χ2v) is 2.86. The number of aryl methyl sites for hydroxylation is 1. The maximum Gasteiger partial charge on any atom is 0.0991 e. The summed E-state index contributed by atoms with van der Waals surface area (Å²) in [5.41, 5.74) is 2.32. The quantitative estimate of drug-likeness (QED) is 0.696. The zero-order valence-corrected chi connectivity index (χ0v) is 7.49. The van der Waals surface area contributed by atoms with Crippen molar-refractivity contribution in [3.05, 3.63) is 47.5 Å². The summed E-state index contributed by atoms with van der Waals surface area (Å²) in [5.74, 6) is 0. The largest absolute Gasteiger partial charge is 0.384 e. The molecule has 66 valence electrons. The topological polar surface area (TPSA) is 44.0 Å². The van der Waals surface area contributed by atoms with Crippen LogP contribution in [0.4, 0.5) is 0 Å². The molecule has 0 heterocycles. The Bertz CT molecular complexity index is 363. The van der Waals surface area contributed by atoms with Gasteiger partial charge in [0.1, 0.15) is 0 Å². The van der Waals surface area contributed by atoms with Crippen LogP contribution in [0.15, 0.2) is 30.9 Å². The summed E-state index contributed by atoms with van der Waals surface area (Å²) in [5, 5.41) is 18.1. The standard InChI is InChI=1S/C11H11NO/c1-3-11(13)10-5-4-9(7-12)6-8(10)2/h3-6,11,13H,1H2,2H3. The normalized spacial score (nSPS) is 11.8. The molecule has 0 bridgehead atoms. The Balaban J connectivity index is 3.13.